The molecule has 4 nitrogen and oxygen atoms in total. The fraction of sp³-hybridized carbons (Fsp3) is 0. The predicted octanol–water partition coefficient (Wildman–Crippen LogP) is 3.97. The molecular weight excluding hydrogens is 264 g/mol. The van der Waals surface area contributed by atoms with Crippen LogP contribution in [0.15, 0.2) is 71.8 Å². The van der Waals surface area contributed by atoms with Gasteiger partial charge in [-0.15, -0.1) is 0 Å². The van der Waals surface area contributed by atoms with E-state index in [-0.39, 0.29) is 5.75 Å². The molecular formula is C17H12N2O2. The van der Waals surface area contributed by atoms with Crippen LogP contribution in [0.2, 0.25) is 0 Å². The average Bonchev–Trinajstić information content (AvgIpc) is 3.16. The fourth-order valence-corrected chi connectivity index (χ4v) is 2.46. The van der Waals surface area contributed by atoms with E-state index < -0.39 is 0 Å². The van der Waals surface area contributed by atoms with Gasteiger partial charge >= 0.3 is 0 Å². The summed E-state index contributed by atoms with van der Waals surface area (Å²) in [5.74, 6) is 0.244. The molecule has 0 atom stereocenters. The van der Waals surface area contributed by atoms with E-state index in [2.05, 4.69) is 4.98 Å². The Morgan fingerprint density at radius 2 is 1.95 bits per heavy atom. The first-order valence-corrected chi connectivity index (χ1v) is 6.60. The lowest BCUT2D eigenvalue weighted by Gasteiger charge is -2.04. The Morgan fingerprint density at radius 1 is 1.00 bits per heavy atom. The van der Waals surface area contributed by atoms with E-state index in [4.69, 9.17) is 4.42 Å². The molecule has 0 amide bonds. The van der Waals surface area contributed by atoms with Crippen LogP contribution in [0.1, 0.15) is 0 Å². The van der Waals surface area contributed by atoms with E-state index in [0.717, 1.165) is 28.0 Å². The van der Waals surface area contributed by atoms with Crippen molar-refractivity contribution in [1.82, 2.24) is 9.38 Å². The number of hydrogen-bond donors (Lipinski definition) is 1. The summed E-state index contributed by atoms with van der Waals surface area (Å²) in [4.78, 5) is 4.41. The molecule has 102 valence electrons. The number of benzene rings is 1. The minimum absolute atomic E-state index is 0.244. The third-order valence-corrected chi connectivity index (χ3v) is 3.50. The normalized spacial score (nSPS) is 11.0. The second-order valence-corrected chi connectivity index (χ2v) is 4.85. The molecule has 0 aliphatic rings. The van der Waals surface area contributed by atoms with Gasteiger partial charge in [0.15, 0.2) is 0 Å². The molecule has 3 heterocycles. The van der Waals surface area contributed by atoms with Crippen molar-refractivity contribution in [2.45, 2.75) is 0 Å². The van der Waals surface area contributed by atoms with Gasteiger partial charge in [0.05, 0.1) is 24.4 Å². The molecule has 0 aliphatic carbocycles. The van der Waals surface area contributed by atoms with Crippen molar-refractivity contribution in [2.75, 3.05) is 0 Å². The molecule has 0 saturated carbocycles. The van der Waals surface area contributed by atoms with E-state index in [1.165, 1.54) is 0 Å². The molecule has 1 aromatic carbocycles. The zero-order chi connectivity index (χ0) is 14.2. The van der Waals surface area contributed by atoms with Crippen molar-refractivity contribution in [1.29, 1.82) is 0 Å². The van der Waals surface area contributed by atoms with E-state index in [1.807, 2.05) is 47.1 Å². The molecule has 0 unspecified atom stereocenters. The lowest BCUT2D eigenvalue weighted by atomic mass is 10.1. The fourth-order valence-electron chi connectivity index (χ4n) is 2.46. The monoisotopic (exact) mass is 276 g/mol. The predicted molar refractivity (Wildman–Crippen MR) is 80.0 cm³/mol. The Balaban J connectivity index is 1.92. The largest absolute Gasteiger partial charge is 0.508 e. The highest BCUT2D eigenvalue weighted by molar-refractivity contribution is 5.69. The Labute approximate surface area is 120 Å². The van der Waals surface area contributed by atoms with Crippen LogP contribution in [0.4, 0.5) is 0 Å². The van der Waals surface area contributed by atoms with Crippen molar-refractivity contribution >= 4 is 5.65 Å². The second kappa shape index (κ2) is 4.52. The van der Waals surface area contributed by atoms with Gasteiger partial charge in [-0.05, 0) is 30.3 Å². The Hall–Kier alpha value is -3.01. The molecule has 3 aromatic heterocycles. The Kier molecular flexibility index (Phi) is 2.54. The molecule has 21 heavy (non-hydrogen) atoms. The number of hydrogen-bond acceptors (Lipinski definition) is 3. The number of aromatic nitrogens is 2. The summed E-state index contributed by atoms with van der Waals surface area (Å²) in [5.41, 5.74) is 4.79. The number of phenols is 1. The first-order valence-electron chi connectivity index (χ1n) is 6.60. The van der Waals surface area contributed by atoms with E-state index in [1.54, 1.807) is 24.7 Å². The highest BCUT2D eigenvalue weighted by Crippen LogP contribution is 2.27. The first-order chi connectivity index (χ1) is 10.3. The van der Waals surface area contributed by atoms with Gasteiger partial charge in [0.2, 0.25) is 0 Å². The highest BCUT2D eigenvalue weighted by Gasteiger charge is 2.08. The number of phenolic OH excluding ortho intramolecular Hbond substituents is 1. The van der Waals surface area contributed by atoms with Crippen LogP contribution >= 0.6 is 0 Å². The van der Waals surface area contributed by atoms with Crippen LogP contribution in [0.3, 0.4) is 0 Å². The lowest BCUT2D eigenvalue weighted by molar-refractivity contribution is 0.475. The van der Waals surface area contributed by atoms with Gasteiger partial charge in [0.1, 0.15) is 11.4 Å². The lowest BCUT2D eigenvalue weighted by Crippen LogP contribution is -1.89. The first kappa shape index (κ1) is 11.8. The molecule has 0 saturated heterocycles. The highest BCUT2D eigenvalue weighted by atomic mass is 16.3. The summed E-state index contributed by atoms with van der Waals surface area (Å²) >= 11 is 0. The molecule has 4 aromatic rings. The number of pyridine rings is 1. The topological polar surface area (TPSA) is 50.7 Å². The number of rotatable bonds is 2. The average molecular weight is 276 g/mol. The van der Waals surface area contributed by atoms with E-state index >= 15 is 0 Å². The quantitative estimate of drug-likeness (QED) is 0.602. The van der Waals surface area contributed by atoms with Gasteiger partial charge < -0.3 is 9.52 Å². The summed E-state index contributed by atoms with van der Waals surface area (Å²) < 4.78 is 7.15. The zero-order valence-electron chi connectivity index (χ0n) is 11.1. The van der Waals surface area contributed by atoms with Gasteiger partial charge in [-0.2, -0.15) is 0 Å². The summed E-state index contributed by atoms with van der Waals surface area (Å²) in [6.45, 7) is 0. The molecule has 0 aliphatic heterocycles. The Bertz CT molecular complexity index is 908. The summed E-state index contributed by atoms with van der Waals surface area (Å²) in [7, 11) is 0. The minimum Gasteiger partial charge on any atom is -0.508 e. The summed E-state index contributed by atoms with van der Waals surface area (Å²) in [5, 5.41) is 9.65. The molecule has 4 heteroatoms. The maximum Gasteiger partial charge on any atom is 0.137 e. The van der Waals surface area contributed by atoms with Crippen molar-refractivity contribution < 1.29 is 9.52 Å². The number of furan rings is 1. The molecule has 0 fully saturated rings. The third kappa shape index (κ3) is 1.97. The van der Waals surface area contributed by atoms with Crippen LogP contribution in [0, 0.1) is 0 Å². The van der Waals surface area contributed by atoms with Crippen molar-refractivity contribution in [3.63, 3.8) is 0 Å². The number of imidazole rings is 1. The molecule has 1 N–H and O–H groups in total. The number of fused-ring (bicyclic) bond motifs is 1. The standard InChI is InChI=1S/C17H12N2O2/c20-15-3-1-2-12(8-15)16-9-18-17-5-4-13(10-19(16)17)14-6-7-21-11-14/h1-11,20H. The van der Waals surface area contributed by atoms with Crippen LogP contribution in [0.25, 0.3) is 28.0 Å². The van der Waals surface area contributed by atoms with Gasteiger partial charge in [0.25, 0.3) is 0 Å². The smallest absolute Gasteiger partial charge is 0.137 e. The third-order valence-electron chi connectivity index (χ3n) is 3.50. The molecule has 0 radical (unpaired) electrons. The second-order valence-electron chi connectivity index (χ2n) is 4.85. The summed E-state index contributed by atoms with van der Waals surface area (Å²) in [6.07, 6.45) is 7.20. The SMILES string of the molecule is Oc1cccc(-c2cnc3ccc(-c4ccoc4)cn23)c1. The minimum atomic E-state index is 0.244. The van der Waals surface area contributed by atoms with Gasteiger partial charge in [0, 0.05) is 22.9 Å². The molecule has 0 bridgehead atoms. The number of nitrogens with zero attached hydrogens (tertiary/aromatic N) is 2. The van der Waals surface area contributed by atoms with Crippen molar-refractivity contribution in [3.05, 3.63) is 67.4 Å². The zero-order valence-corrected chi connectivity index (χ0v) is 11.1. The van der Waals surface area contributed by atoms with Crippen LogP contribution in [-0.4, -0.2) is 14.5 Å². The van der Waals surface area contributed by atoms with Crippen molar-refractivity contribution in [2.24, 2.45) is 0 Å². The van der Waals surface area contributed by atoms with Gasteiger partial charge in [-0.3, -0.25) is 4.40 Å². The van der Waals surface area contributed by atoms with Crippen LogP contribution < -0.4 is 0 Å². The Morgan fingerprint density at radius 3 is 2.76 bits per heavy atom. The van der Waals surface area contributed by atoms with Crippen LogP contribution in [-0.2, 0) is 0 Å². The van der Waals surface area contributed by atoms with Gasteiger partial charge in [-0.25, -0.2) is 4.98 Å². The maximum absolute atomic E-state index is 9.65. The van der Waals surface area contributed by atoms with E-state index in [9.17, 15) is 5.11 Å². The van der Waals surface area contributed by atoms with Crippen molar-refractivity contribution in [3.8, 4) is 28.1 Å². The van der Waals surface area contributed by atoms with Crippen LogP contribution in [0.5, 0.6) is 5.75 Å². The van der Waals surface area contributed by atoms with Gasteiger partial charge in [-0.1, -0.05) is 12.1 Å². The number of aromatic hydroxyl groups is 1. The maximum atomic E-state index is 9.65. The summed E-state index contributed by atoms with van der Waals surface area (Å²) in [6, 6.07) is 13.1. The molecule has 0 spiro atoms. The van der Waals surface area contributed by atoms with E-state index in [0.29, 0.717) is 0 Å². The molecule has 4 rings (SSSR count).